The first-order valence-electron chi connectivity index (χ1n) is 5.18. The van der Waals surface area contributed by atoms with Gasteiger partial charge in [0.2, 0.25) is 6.41 Å². The number of anilines is 1. The molecule has 1 amide bonds. The number of benzene rings is 1. The van der Waals surface area contributed by atoms with Crippen molar-refractivity contribution in [2.75, 3.05) is 11.4 Å². The lowest BCUT2D eigenvalue weighted by molar-refractivity contribution is -0.107. The molecule has 2 rings (SSSR count). The quantitative estimate of drug-likeness (QED) is 0.716. The lowest BCUT2D eigenvalue weighted by Gasteiger charge is -2.38. The fraction of sp³-hybridized carbons (Fsp3) is 0.417. The number of thioether (sulfide) groups is 1. The van der Waals surface area contributed by atoms with Crippen LogP contribution in [0.3, 0.4) is 0 Å². The summed E-state index contributed by atoms with van der Waals surface area (Å²) < 4.78 is 0.148. The molecule has 0 radical (unpaired) electrons. The summed E-state index contributed by atoms with van der Waals surface area (Å²) in [4.78, 5) is 14.1. The SMILES string of the molecule is CCC1(C)CN(C=O)c2ccccc2S1. The largest absolute Gasteiger partial charge is 0.312 e. The summed E-state index contributed by atoms with van der Waals surface area (Å²) in [5.74, 6) is 0. The van der Waals surface area contributed by atoms with Crippen LogP contribution in [0.4, 0.5) is 5.69 Å². The van der Waals surface area contributed by atoms with Gasteiger partial charge < -0.3 is 4.90 Å². The Kier molecular flexibility index (Phi) is 2.74. The summed E-state index contributed by atoms with van der Waals surface area (Å²) in [5.41, 5.74) is 1.04. The molecule has 1 aromatic carbocycles. The highest BCUT2D eigenvalue weighted by molar-refractivity contribution is 8.01. The Bertz CT molecular complexity index is 380. The predicted molar refractivity (Wildman–Crippen MR) is 64.4 cm³/mol. The highest BCUT2D eigenvalue weighted by atomic mass is 32.2. The number of carbonyl (C=O) groups is 1. The maximum atomic E-state index is 11.0. The molecular weight excluding hydrogens is 206 g/mol. The molecule has 15 heavy (non-hydrogen) atoms. The summed E-state index contributed by atoms with van der Waals surface area (Å²) in [7, 11) is 0. The summed E-state index contributed by atoms with van der Waals surface area (Å²) in [6.45, 7) is 5.18. The Morgan fingerprint density at radius 3 is 2.93 bits per heavy atom. The van der Waals surface area contributed by atoms with Crippen molar-refractivity contribution in [1.29, 1.82) is 0 Å². The topological polar surface area (TPSA) is 20.3 Å². The second-order valence-electron chi connectivity index (χ2n) is 4.11. The van der Waals surface area contributed by atoms with E-state index in [0.29, 0.717) is 0 Å². The van der Waals surface area contributed by atoms with Crippen molar-refractivity contribution in [1.82, 2.24) is 0 Å². The van der Waals surface area contributed by atoms with Crippen LogP contribution in [0.1, 0.15) is 20.3 Å². The van der Waals surface area contributed by atoms with Crippen molar-refractivity contribution in [2.24, 2.45) is 0 Å². The van der Waals surface area contributed by atoms with Crippen LogP contribution in [0.15, 0.2) is 29.2 Å². The van der Waals surface area contributed by atoms with Gasteiger partial charge in [-0.15, -0.1) is 11.8 Å². The molecule has 1 aromatic rings. The van der Waals surface area contributed by atoms with E-state index in [1.807, 2.05) is 34.9 Å². The van der Waals surface area contributed by atoms with Crippen molar-refractivity contribution in [3.63, 3.8) is 0 Å². The highest BCUT2D eigenvalue weighted by Gasteiger charge is 2.32. The molecule has 0 aliphatic carbocycles. The Hall–Kier alpha value is -0.960. The summed E-state index contributed by atoms with van der Waals surface area (Å²) in [6, 6.07) is 8.09. The van der Waals surface area contributed by atoms with Crippen LogP contribution < -0.4 is 4.90 Å². The number of rotatable bonds is 2. The summed E-state index contributed by atoms with van der Waals surface area (Å²) in [5, 5.41) is 0. The van der Waals surface area contributed by atoms with Crippen LogP contribution in [0, 0.1) is 0 Å². The molecule has 0 saturated heterocycles. The van der Waals surface area contributed by atoms with E-state index in [-0.39, 0.29) is 4.75 Å². The molecule has 80 valence electrons. The second kappa shape index (κ2) is 3.89. The van der Waals surface area contributed by atoms with Gasteiger partial charge in [0.05, 0.1) is 5.69 Å². The Morgan fingerprint density at radius 1 is 1.53 bits per heavy atom. The Labute approximate surface area is 94.7 Å². The number of hydrogen-bond donors (Lipinski definition) is 0. The zero-order valence-electron chi connectivity index (χ0n) is 9.06. The zero-order chi connectivity index (χ0) is 10.9. The third-order valence-corrected chi connectivity index (χ3v) is 4.39. The third-order valence-electron chi connectivity index (χ3n) is 2.91. The van der Waals surface area contributed by atoms with Gasteiger partial charge in [-0.25, -0.2) is 0 Å². The predicted octanol–water partition coefficient (Wildman–Crippen LogP) is 2.92. The Morgan fingerprint density at radius 2 is 2.27 bits per heavy atom. The van der Waals surface area contributed by atoms with Crippen molar-refractivity contribution >= 4 is 23.9 Å². The van der Waals surface area contributed by atoms with Gasteiger partial charge in [-0.3, -0.25) is 4.79 Å². The fourth-order valence-corrected chi connectivity index (χ4v) is 3.12. The smallest absolute Gasteiger partial charge is 0.214 e. The average Bonchev–Trinajstić information content (AvgIpc) is 2.28. The summed E-state index contributed by atoms with van der Waals surface area (Å²) in [6.07, 6.45) is 2.00. The number of hydrogen-bond acceptors (Lipinski definition) is 2. The van der Waals surface area contributed by atoms with Crippen LogP contribution in [0.5, 0.6) is 0 Å². The van der Waals surface area contributed by atoms with Gasteiger partial charge >= 0.3 is 0 Å². The molecule has 1 heterocycles. The maximum Gasteiger partial charge on any atom is 0.214 e. The van der Waals surface area contributed by atoms with Crippen molar-refractivity contribution in [3.05, 3.63) is 24.3 Å². The van der Waals surface area contributed by atoms with Gasteiger partial charge in [-0.05, 0) is 25.5 Å². The van der Waals surface area contributed by atoms with E-state index >= 15 is 0 Å². The van der Waals surface area contributed by atoms with Crippen LogP contribution in [-0.4, -0.2) is 17.7 Å². The number of fused-ring (bicyclic) bond motifs is 1. The number of nitrogens with zero attached hydrogens (tertiary/aromatic N) is 1. The summed E-state index contributed by atoms with van der Waals surface area (Å²) >= 11 is 1.88. The van der Waals surface area contributed by atoms with Crippen molar-refractivity contribution in [3.8, 4) is 0 Å². The standard InChI is InChI=1S/C12H15NOS/c1-3-12(2)8-13(9-14)10-6-4-5-7-11(10)15-12/h4-7,9H,3,8H2,1-2H3. The molecule has 0 saturated carbocycles. The van der Waals surface area contributed by atoms with E-state index in [9.17, 15) is 4.79 Å². The molecule has 1 atom stereocenters. The molecule has 0 fully saturated rings. The molecular formula is C12H15NOS. The van der Waals surface area contributed by atoms with E-state index in [1.165, 1.54) is 4.90 Å². The highest BCUT2D eigenvalue weighted by Crippen LogP contribution is 2.45. The Balaban J connectivity index is 2.42. The molecule has 0 spiro atoms. The fourth-order valence-electron chi connectivity index (χ4n) is 1.80. The third kappa shape index (κ3) is 1.88. The van der Waals surface area contributed by atoms with Crippen LogP contribution >= 0.6 is 11.8 Å². The molecule has 3 heteroatoms. The van der Waals surface area contributed by atoms with Gasteiger partial charge in [-0.1, -0.05) is 19.1 Å². The molecule has 1 unspecified atom stereocenters. The lowest BCUT2D eigenvalue weighted by atomic mass is 10.1. The van der Waals surface area contributed by atoms with Crippen LogP contribution in [0.2, 0.25) is 0 Å². The first kappa shape index (κ1) is 10.6. The van der Waals surface area contributed by atoms with Crippen LogP contribution in [0.25, 0.3) is 0 Å². The first-order chi connectivity index (χ1) is 7.18. The average molecular weight is 221 g/mol. The number of amides is 1. The van der Waals surface area contributed by atoms with E-state index in [4.69, 9.17) is 0 Å². The van der Waals surface area contributed by atoms with Gasteiger partial charge in [0.15, 0.2) is 0 Å². The number of carbonyl (C=O) groups excluding carboxylic acids is 1. The second-order valence-corrected chi connectivity index (χ2v) is 5.74. The number of para-hydroxylation sites is 1. The molecule has 0 N–H and O–H groups in total. The van der Waals surface area contributed by atoms with E-state index in [2.05, 4.69) is 19.9 Å². The van der Waals surface area contributed by atoms with Crippen molar-refractivity contribution in [2.45, 2.75) is 29.9 Å². The maximum absolute atomic E-state index is 11.0. The lowest BCUT2D eigenvalue weighted by Crippen LogP contribution is -2.40. The van der Waals surface area contributed by atoms with Gasteiger partial charge in [0.1, 0.15) is 0 Å². The van der Waals surface area contributed by atoms with E-state index in [1.54, 1.807) is 0 Å². The van der Waals surface area contributed by atoms with Gasteiger partial charge in [0.25, 0.3) is 0 Å². The van der Waals surface area contributed by atoms with Crippen LogP contribution in [-0.2, 0) is 4.79 Å². The van der Waals surface area contributed by atoms with E-state index < -0.39 is 0 Å². The van der Waals surface area contributed by atoms with Gasteiger partial charge in [-0.2, -0.15) is 0 Å². The minimum Gasteiger partial charge on any atom is -0.312 e. The molecule has 1 aliphatic heterocycles. The normalized spacial score (nSPS) is 24.8. The first-order valence-corrected chi connectivity index (χ1v) is 6.00. The van der Waals surface area contributed by atoms with E-state index in [0.717, 1.165) is 25.1 Å². The van der Waals surface area contributed by atoms with Gasteiger partial charge in [0, 0.05) is 16.2 Å². The molecule has 2 nitrogen and oxygen atoms in total. The zero-order valence-corrected chi connectivity index (χ0v) is 9.88. The minimum atomic E-state index is 0.148. The molecule has 1 aliphatic rings. The molecule has 0 bridgehead atoms. The minimum absolute atomic E-state index is 0.148. The monoisotopic (exact) mass is 221 g/mol. The molecule has 0 aromatic heterocycles. The van der Waals surface area contributed by atoms with Crippen molar-refractivity contribution < 1.29 is 4.79 Å².